The van der Waals surface area contributed by atoms with Crippen molar-refractivity contribution in [3.63, 3.8) is 0 Å². The molecule has 0 heterocycles. The number of halogens is 6. The number of methoxy groups -OCH3 is 2. The van der Waals surface area contributed by atoms with Crippen LogP contribution in [0.4, 0.5) is 26.3 Å². The Morgan fingerprint density at radius 1 is 0.710 bits per heavy atom. The normalized spacial score (nSPS) is 20.1. The van der Waals surface area contributed by atoms with Crippen molar-refractivity contribution in [1.29, 1.82) is 5.26 Å². The van der Waals surface area contributed by atoms with Crippen LogP contribution in [0, 0.1) is 34.5 Å². The highest BCUT2D eigenvalue weighted by atomic mass is 33.1. The molecule has 0 N–H and O–H groups in total. The van der Waals surface area contributed by atoms with Gasteiger partial charge in [0.05, 0.1) is 59.2 Å². The third-order valence-corrected chi connectivity index (χ3v) is 24.8. The van der Waals surface area contributed by atoms with Gasteiger partial charge in [0.25, 0.3) is 14.1 Å². The zero-order valence-corrected chi connectivity index (χ0v) is 59.3. The third kappa shape index (κ3) is 20.2. The summed E-state index contributed by atoms with van der Waals surface area (Å²) in [5, 5.41) is 9.37. The predicted octanol–water partition coefficient (Wildman–Crippen LogP) is 19.4. The molecule has 0 radical (unpaired) electrons. The number of fused-ring (bicyclic) bond motifs is 5. The van der Waals surface area contributed by atoms with Crippen molar-refractivity contribution in [2.24, 2.45) is 23.2 Å². The second kappa shape index (κ2) is 36.2. The van der Waals surface area contributed by atoms with E-state index in [4.69, 9.17) is 32.7 Å². The number of likely N-dealkylation sites (N-methyl/N-ethyl adjacent to an activating group) is 1. The number of unbranched alkanes of at least 4 members (excludes halogenated alkanes) is 3. The average molecular weight is 1360 g/mol. The number of hydrogen-bond donors (Lipinski definition) is 0. The van der Waals surface area contributed by atoms with E-state index in [1.807, 2.05) is 51.9 Å². The van der Waals surface area contributed by atoms with Gasteiger partial charge in [0, 0.05) is 42.2 Å². The van der Waals surface area contributed by atoms with Crippen LogP contribution in [0.5, 0.6) is 17.2 Å². The number of aryl methyl sites for hydroxylation is 1. The first-order valence-electron chi connectivity index (χ1n) is 33.8. The lowest BCUT2D eigenvalue weighted by Gasteiger charge is -2.50. The largest absolute Gasteiger partial charge is 0.497 e. The van der Waals surface area contributed by atoms with E-state index in [1.165, 1.54) is 18.1 Å². The molecule has 0 amide bonds. The van der Waals surface area contributed by atoms with Gasteiger partial charge in [-0.1, -0.05) is 129 Å². The Bertz CT molecular complexity index is 2810. The monoisotopic (exact) mass is 1360 g/mol. The highest BCUT2D eigenvalue weighted by Gasteiger charge is 2.71. The van der Waals surface area contributed by atoms with Gasteiger partial charge in [-0.2, -0.15) is 31.6 Å². The van der Waals surface area contributed by atoms with Gasteiger partial charge >= 0.3 is 12.4 Å². The fraction of sp³-hybridized carbons (Fsp3) is 0.658. The first kappa shape index (κ1) is 76.6. The second-order valence-electron chi connectivity index (χ2n) is 26.6. The topological polar surface area (TPSA) is 104 Å². The zero-order chi connectivity index (χ0) is 67.3. The molecule has 0 aromatic heterocycles. The van der Waals surface area contributed by atoms with Crippen LogP contribution in [0.2, 0.25) is 0 Å². The molecule has 7 rings (SSSR count). The van der Waals surface area contributed by atoms with E-state index >= 15 is 0 Å². The van der Waals surface area contributed by atoms with Crippen LogP contribution in [-0.2, 0) is 35.3 Å². The quantitative estimate of drug-likeness (QED) is 0.0139. The maximum atomic E-state index is 13.8. The van der Waals surface area contributed by atoms with Crippen molar-refractivity contribution in [2.45, 2.75) is 198 Å². The molecule has 20 heteroatoms. The lowest BCUT2D eigenvalue weighted by Crippen LogP contribution is -2.58. The van der Waals surface area contributed by atoms with Crippen LogP contribution < -0.4 is 14.2 Å². The maximum Gasteiger partial charge on any atom is 0.426 e. The van der Waals surface area contributed by atoms with Gasteiger partial charge < -0.3 is 42.4 Å². The smallest absolute Gasteiger partial charge is 0.426 e. The molecule has 2 fully saturated rings. The summed E-state index contributed by atoms with van der Waals surface area (Å²) < 4.78 is 134. The van der Waals surface area contributed by atoms with E-state index in [1.54, 1.807) is 14.2 Å². The summed E-state index contributed by atoms with van der Waals surface area (Å²) in [4.78, 5) is 2.36. The zero-order valence-electron chi connectivity index (χ0n) is 56.7. The Morgan fingerprint density at radius 3 is 1.99 bits per heavy atom. The molecule has 3 aliphatic rings. The number of benzene rings is 4. The summed E-state index contributed by atoms with van der Waals surface area (Å²) in [6, 6.07) is 35.7. The van der Waals surface area contributed by atoms with Crippen molar-refractivity contribution in [2.75, 3.05) is 86.3 Å². The number of hydrogen-bond acceptors (Lipinski definition) is 13. The molecule has 518 valence electrons. The molecular formula is C73H104F6N3O8PS2. The van der Waals surface area contributed by atoms with Crippen LogP contribution in [0.3, 0.4) is 0 Å². The predicted molar refractivity (Wildman–Crippen MR) is 364 cm³/mol. The molecule has 11 nitrogen and oxygen atoms in total. The van der Waals surface area contributed by atoms with Gasteiger partial charge in [-0.05, 0) is 199 Å². The minimum absolute atomic E-state index is 0.0420. The van der Waals surface area contributed by atoms with Crippen LogP contribution >= 0.6 is 30.1 Å². The van der Waals surface area contributed by atoms with E-state index in [0.29, 0.717) is 50.6 Å². The lowest BCUT2D eigenvalue weighted by molar-refractivity contribution is -0.383. The second-order valence-corrected chi connectivity index (χ2v) is 31.2. The van der Waals surface area contributed by atoms with Crippen LogP contribution in [0.1, 0.15) is 179 Å². The van der Waals surface area contributed by atoms with Gasteiger partial charge in [0.1, 0.15) is 29.5 Å². The Hall–Kier alpha value is -3.80. The molecule has 0 saturated heterocycles. The fourth-order valence-electron chi connectivity index (χ4n) is 14.2. The van der Waals surface area contributed by atoms with Gasteiger partial charge in [0.2, 0.25) is 0 Å². The van der Waals surface area contributed by atoms with E-state index in [-0.39, 0.29) is 47.7 Å². The SMILES string of the molecule is CCCC(OCCCO[C@H]1CC[C@H]2[C@@H]3CCc4cc(OCCN(C)CCC(C)(C)SSCCCCCCC(COP(OCCC#N)N(CC)C(C)C)COC(c5ccccc5)(c5ccc(OC)cc5)c5ccc(OC)cc5)ccc4[C@H]3CC[C@]12C)(C(F)(F)F)C(F)(F)F. The average Bonchev–Trinajstić information content (AvgIpc) is 1.72. The lowest BCUT2D eigenvalue weighted by atomic mass is 9.55. The van der Waals surface area contributed by atoms with Crippen molar-refractivity contribution < 1.29 is 63.8 Å². The summed E-state index contributed by atoms with van der Waals surface area (Å²) in [6.07, 6.45) is -0.273. The van der Waals surface area contributed by atoms with Crippen LogP contribution in [0.25, 0.3) is 0 Å². The summed E-state index contributed by atoms with van der Waals surface area (Å²) in [5.74, 6) is 4.92. The van der Waals surface area contributed by atoms with Crippen molar-refractivity contribution in [3.8, 4) is 23.3 Å². The van der Waals surface area contributed by atoms with Gasteiger partial charge in [-0.15, -0.1) is 0 Å². The number of nitriles is 1. The fourth-order valence-corrected chi connectivity index (χ4v) is 18.5. The van der Waals surface area contributed by atoms with Gasteiger partial charge in [0.15, 0.2) is 0 Å². The molecule has 0 spiro atoms. The maximum absolute atomic E-state index is 13.8. The summed E-state index contributed by atoms with van der Waals surface area (Å²) in [6.45, 7) is 18.4. The van der Waals surface area contributed by atoms with Crippen molar-refractivity contribution in [1.82, 2.24) is 9.57 Å². The first-order chi connectivity index (χ1) is 44.5. The molecule has 2 saturated carbocycles. The van der Waals surface area contributed by atoms with Crippen LogP contribution in [0.15, 0.2) is 97.1 Å². The van der Waals surface area contributed by atoms with E-state index < -0.39 is 45.1 Å². The first-order valence-corrected chi connectivity index (χ1v) is 37.3. The van der Waals surface area contributed by atoms with Gasteiger partial charge in [-0.3, -0.25) is 0 Å². The summed E-state index contributed by atoms with van der Waals surface area (Å²) >= 11 is 0. The third-order valence-electron chi connectivity index (χ3n) is 19.5. The van der Waals surface area contributed by atoms with E-state index in [9.17, 15) is 31.6 Å². The minimum atomic E-state index is -5.57. The Balaban J connectivity index is 0.845. The number of ether oxygens (including phenoxy) is 6. The van der Waals surface area contributed by atoms with Crippen molar-refractivity contribution >= 4 is 30.1 Å². The van der Waals surface area contributed by atoms with Crippen molar-refractivity contribution in [3.05, 3.63) is 125 Å². The molecule has 4 aromatic rings. The molecule has 4 aromatic carbocycles. The van der Waals surface area contributed by atoms with E-state index in [2.05, 4.69) is 136 Å². The Kier molecular flexibility index (Phi) is 29.8. The Morgan fingerprint density at radius 2 is 1.37 bits per heavy atom. The molecule has 3 aliphatic carbocycles. The summed E-state index contributed by atoms with van der Waals surface area (Å²) in [7, 11) is 8.07. The molecule has 7 atom stereocenters. The molecular weight excluding hydrogens is 1260 g/mol. The number of alkyl halides is 6. The minimum Gasteiger partial charge on any atom is -0.497 e. The molecule has 0 aliphatic heterocycles. The number of rotatable bonds is 41. The molecule has 0 bridgehead atoms. The molecule has 93 heavy (non-hydrogen) atoms. The highest BCUT2D eigenvalue weighted by molar-refractivity contribution is 8.77. The highest BCUT2D eigenvalue weighted by Crippen LogP contribution is 2.62. The standard InChI is InChI=1S/C73H104F6N3O8PS2/c1-11-40-70(72(74,75)76,73(77,78)79)87-47-21-46-86-67-38-37-66-65-35-25-56-51-62(34-36-63(56)64(65)39-41-69(66,67)7)85-49-45-81(8)44-42-68(5,6)93-92-50-19-14-13-16-22-55(53-90-91(89-48-20-43-80)82(12-2)54(3)4)52-88-71(57-23-17-15-18-24-57,58-26-30-60(83-9)31-27-58)59-28-32-61(84-10)33-29-59/h15,17-18,23-24,26-34,36,51,54-55,64-67H,11-14,16,19-22,25,35,37-42,44-50,52-53H2,1-10H3/t55?,64-,65-,66+,67+,69+,91?/m1/s1. The van der Waals surface area contributed by atoms with Gasteiger partial charge in [-0.25, -0.2) is 4.67 Å². The molecule has 2 unspecified atom stereocenters. The number of nitrogens with zero attached hydrogens (tertiary/aromatic N) is 3. The summed E-state index contributed by atoms with van der Waals surface area (Å²) in [5.41, 5.74) is 0.502. The van der Waals surface area contributed by atoms with Crippen LogP contribution in [-0.4, -0.2) is 131 Å². The van der Waals surface area contributed by atoms with E-state index in [0.717, 1.165) is 136 Å². The Labute approximate surface area is 561 Å².